The fourth-order valence-corrected chi connectivity index (χ4v) is 2.34. The van der Waals surface area contributed by atoms with Crippen molar-refractivity contribution in [3.8, 4) is 5.75 Å². The van der Waals surface area contributed by atoms with Gasteiger partial charge >= 0.3 is 0 Å². The van der Waals surface area contributed by atoms with Crippen molar-refractivity contribution in [2.75, 3.05) is 0 Å². The molecule has 0 aliphatic heterocycles. The first-order valence-electron chi connectivity index (χ1n) is 6.79. The highest BCUT2D eigenvalue weighted by atomic mass is 35.5. The van der Waals surface area contributed by atoms with Gasteiger partial charge in [0.2, 0.25) is 18.0 Å². The fourth-order valence-electron chi connectivity index (χ4n) is 2.21. The predicted octanol–water partition coefficient (Wildman–Crippen LogP) is 1.82. The van der Waals surface area contributed by atoms with Crippen LogP contribution in [0.1, 0.15) is 27.2 Å². The number of carbonyl (C=O) groups excluding carboxylic acids is 1. The molecule has 3 N–H and O–H groups in total. The van der Waals surface area contributed by atoms with Gasteiger partial charge < -0.3 is 15.4 Å². The van der Waals surface area contributed by atoms with E-state index in [0.29, 0.717) is 21.8 Å². The van der Waals surface area contributed by atoms with Crippen molar-refractivity contribution in [3.63, 3.8) is 0 Å². The van der Waals surface area contributed by atoms with Crippen LogP contribution >= 0.6 is 11.6 Å². The lowest BCUT2D eigenvalue weighted by Crippen LogP contribution is -2.41. The lowest BCUT2D eigenvalue weighted by molar-refractivity contribution is -0.690. The number of aromatic hydroxyl groups is 1. The lowest BCUT2D eigenvalue weighted by Gasteiger charge is -2.08. The van der Waals surface area contributed by atoms with Crippen molar-refractivity contribution in [3.05, 3.63) is 57.9 Å². The van der Waals surface area contributed by atoms with E-state index in [1.165, 1.54) is 4.57 Å². The predicted molar refractivity (Wildman–Crippen MR) is 84.1 cm³/mol. The highest BCUT2D eigenvalue weighted by Gasteiger charge is 2.22. The van der Waals surface area contributed by atoms with Crippen LogP contribution in [0.2, 0.25) is 5.02 Å². The first-order chi connectivity index (χ1) is 11.0. The first-order valence-corrected chi connectivity index (χ1v) is 7.17. The lowest BCUT2D eigenvalue weighted by atomic mass is 10.1. The molecule has 0 aliphatic rings. The van der Waals surface area contributed by atoms with Gasteiger partial charge in [0.25, 0.3) is 0 Å². The van der Waals surface area contributed by atoms with Crippen molar-refractivity contribution < 1.29 is 24.8 Å². The van der Waals surface area contributed by atoms with Crippen LogP contribution in [0, 0.1) is 6.92 Å². The molecule has 0 aliphatic carbocycles. The molecule has 7 heteroatoms. The molecular weight excluding hydrogens is 320 g/mol. The summed E-state index contributed by atoms with van der Waals surface area (Å²) in [5.41, 5.74) is 1.46. The van der Waals surface area contributed by atoms with E-state index in [0.717, 1.165) is 6.21 Å². The van der Waals surface area contributed by atoms with Gasteiger partial charge in [-0.1, -0.05) is 16.8 Å². The third-order valence-electron chi connectivity index (χ3n) is 3.52. The number of halogens is 1. The average Bonchev–Trinajstić information content (AvgIpc) is 2.55. The zero-order valence-electron chi connectivity index (χ0n) is 12.4. The maximum absolute atomic E-state index is 12.3. The molecule has 6 nitrogen and oxygen atoms in total. The Morgan fingerprint density at radius 2 is 2.00 bits per heavy atom. The van der Waals surface area contributed by atoms with Crippen LogP contribution < -0.4 is 4.57 Å². The van der Waals surface area contributed by atoms with Gasteiger partial charge in [0.15, 0.2) is 11.9 Å². The Balaban J connectivity index is 2.38. The average molecular weight is 336 g/mol. The van der Waals surface area contributed by atoms with E-state index in [9.17, 15) is 15.0 Å². The molecule has 0 saturated carbocycles. The van der Waals surface area contributed by atoms with Gasteiger partial charge in [-0.15, -0.1) is 0 Å². The summed E-state index contributed by atoms with van der Waals surface area (Å²) >= 11 is 5.80. The number of ketones is 1. The summed E-state index contributed by atoms with van der Waals surface area (Å²) in [7, 11) is 0. The minimum Gasteiger partial charge on any atom is -0.502 e. The van der Waals surface area contributed by atoms with Crippen molar-refractivity contribution in [2.45, 2.75) is 20.1 Å². The van der Waals surface area contributed by atoms with Gasteiger partial charge in [0.1, 0.15) is 0 Å². The Kier molecular flexibility index (Phi) is 5.31. The van der Waals surface area contributed by atoms with E-state index >= 15 is 0 Å². The molecule has 0 atom stereocenters. The Hall–Kier alpha value is -2.44. The second kappa shape index (κ2) is 7.21. The van der Waals surface area contributed by atoms with Crippen LogP contribution in [0.15, 0.2) is 35.6 Å². The van der Waals surface area contributed by atoms with Crippen LogP contribution in [-0.4, -0.2) is 27.4 Å². The van der Waals surface area contributed by atoms with Crippen LogP contribution in [0.25, 0.3) is 0 Å². The highest BCUT2D eigenvalue weighted by molar-refractivity contribution is 6.30. The summed E-state index contributed by atoms with van der Waals surface area (Å²) in [6.07, 6.45) is 2.58. The van der Waals surface area contributed by atoms with Gasteiger partial charge in [-0.2, -0.15) is 4.57 Å². The summed E-state index contributed by atoms with van der Waals surface area (Å²) in [6, 6.07) is 6.51. The van der Waals surface area contributed by atoms with E-state index in [4.69, 9.17) is 16.8 Å². The summed E-state index contributed by atoms with van der Waals surface area (Å²) in [5.74, 6) is -0.320. The normalized spacial score (nSPS) is 11.1. The molecule has 1 aromatic heterocycles. The number of Topliss-reactive ketones (excluding diaryl/α,β-unsaturated/α-hetero) is 1. The molecule has 0 fully saturated rings. The molecule has 0 saturated heterocycles. The summed E-state index contributed by atoms with van der Waals surface area (Å²) < 4.78 is 1.53. The topological polar surface area (TPSA) is 94.0 Å². The number of benzene rings is 1. The first kappa shape index (κ1) is 16.9. The number of aliphatic hydroxyl groups is 1. The van der Waals surface area contributed by atoms with Crippen LogP contribution in [0.4, 0.5) is 0 Å². The monoisotopic (exact) mass is 335 g/mol. The number of aliphatic hydroxyl groups excluding tert-OH is 1. The van der Waals surface area contributed by atoms with Gasteiger partial charge in [0.05, 0.1) is 23.9 Å². The summed E-state index contributed by atoms with van der Waals surface area (Å²) in [6.45, 7) is 1.25. The van der Waals surface area contributed by atoms with E-state index in [-0.39, 0.29) is 30.2 Å². The van der Waals surface area contributed by atoms with Crippen molar-refractivity contribution in [1.82, 2.24) is 0 Å². The molecule has 120 valence electrons. The van der Waals surface area contributed by atoms with Gasteiger partial charge in [-0.05, 0) is 24.3 Å². The van der Waals surface area contributed by atoms with Crippen LogP contribution in [0.3, 0.4) is 0 Å². The number of hydrogen-bond acceptors (Lipinski definition) is 5. The van der Waals surface area contributed by atoms with Crippen LogP contribution in [0.5, 0.6) is 5.75 Å². The van der Waals surface area contributed by atoms with E-state index in [2.05, 4.69) is 5.16 Å². The van der Waals surface area contributed by atoms with Gasteiger partial charge in [-0.3, -0.25) is 4.79 Å². The molecule has 0 spiro atoms. The number of nitrogens with zero attached hydrogens (tertiary/aromatic N) is 2. The van der Waals surface area contributed by atoms with Crippen molar-refractivity contribution in [2.24, 2.45) is 5.16 Å². The Morgan fingerprint density at radius 1 is 1.35 bits per heavy atom. The number of pyridine rings is 1. The Morgan fingerprint density at radius 3 is 2.57 bits per heavy atom. The molecular formula is C16H16ClN2O4+. The summed E-state index contributed by atoms with van der Waals surface area (Å²) in [5, 5.41) is 31.6. The van der Waals surface area contributed by atoms with E-state index in [1.807, 2.05) is 0 Å². The number of carbonyl (C=O) groups is 1. The summed E-state index contributed by atoms with van der Waals surface area (Å²) in [4.78, 5) is 12.3. The third-order valence-corrected chi connectivity index (χ3v) is 3.78. The van der Waals surface area contributed by atoms with Gasteiger partial charge in [0, 0.05) is 17.5 Å². The quantitative estimate of drug-likeness (QED) is 0.255. The number of hydrogen-bond donors (Lipinski definition) is 3. The van der Waals surface area contributed by atoms with Gasteiger partial charge in [-0.25, -0.2) is 0 Å². The SMILES string of the molecule is Cc1c(O)c(C=NO)c(CO)c[n+]1CC(=O)c1ccc(Cl)cc1. The third kappa shape index (κ3) is 3.67. The minimum atomic E-state index is -0.371. The largest absolute Gasteiger partial charge is 0.502 e. The number of aromatic nitrogens is 1. The molecule has 23 heavy (non-hydrogen) atoms. The zero-order chi connectivity index (χ0) is 17.0. The smallest absolute Gasteiger partial charge is 0.227 e. The molecule has 0 amide bonds. The Labute approximate surface area is 137 Å². The van der Waals surface area contributed by atoms with E-state index in [1.54, 1.807) is 37.4 Å². The number of rotatable bonds is 5. The maximum atomic E-state index is 12.3. The Bertz CT molecular complexity index is 758. The number of oxime groups is 1. The second-order valence-electron chi connectivity index (χ2n) is 4.96. The molecule has 0 bridgehead atoms. The highest BCUT2D eigenvalue weighted by Crippen LogP contribution is 2.21. The van der Waals surface area contributed by atoms with Crippen LogP contribution in [-0.2, 0) is 13.2 Å². The molecule has 1 aromatic carbocycles. The fraction of sp³-hybridized carbons (Fsp3) is 0.188. The molecule has 0 radical (unpaired) electrons. The molecule has 2 aromatic rings. The maximum Gasteiger partial charge on any atom is 0.227 e. The van der Waals surface area contributed by atoms with Crippen molar-refractivity contribution >= 4 is 23.6 Å². The molecule has 2 rings (SSSR count). The van der Waals surface area contributed by atoms with Crippen molar-refractivity contribution in [1.29, 1.82) is 0 Å². The standard InChI is InChI=1S/C16H15ClN2O4/c1-10-16(22)14(6-18-23)12(9-20)7-19(10)8-15(21)11-2-4-13(17)5-3-11/h2-7,20,22H,8-9H2,1H3/p+1. The zero-order valence-corrected chi connectivity index (χ0v) is 13.2. The molecule has 0 unspecified atom stereocenters. The minimum absolute atomic E-state index is 0.00935. The van der Waals surface area contributed by atoms with E-state index < -0.39 is 0 Å². The molecule has 1 heterocycles. The second-order valence-corrected chi connectivity index (χ2v) is 5.40.